The first-order valence-corrected chi connectivity index (χ1v) is 6.06. The smallest absolute Gasteiger partial charge is 0.338 e. The van der Waals surface area contributed by atoms with Gasteiger partial charge in [-0.3, -0.25) is 4.79 Å². The Morgan fingerprint density at radius 1 is 1.30 bits per heavy atom. The van der Waals surface area contributed by atoms with Crippen LogP contribution >= 0.6 is 0 Å². The highest BCUT2D eigenvalue weighted by Crippen LogP contribution is 2.09. The van der Waals surface area contributed by atoms with Gasteiger partial charge >= 0.3 is 5.97 Å². The van der Waals surface area contributed by atoms with Gasteiger partial charge in [-0.05, 0) is 26.0 Å². The standard InChI is InChI=1S/C14H14N2O4/c1-9-8-12(16-20-9)15-13(17)10(2)19-14(18)11-6-4-3-5-7-11/h3-8,10H,1-2H3,(H,15,16,17)/t10-/m1/s1. The van der Waals surface area contributed by atoms with Crippen molar-refractivity contribution >= 4 is 17.7 Å². The average Bonchev–Trinajstić information content (AvgIpc) is 2.85. The maximum atomic E-state index is 11.8. The molecule has 6 nitrogen and oxygen atoms in total. The summed E-state index contributed by atoms with van der Waals surface area (Å²) in [6.07, 6.45) is -0.931. The molecule has 0 radical (unpaired) electrons. The van der Waals surface area contributed by atoms with Gasteiger partial charge in [0.2, 0.25) is 0 Å². The molecule has 2 rings (SSSR count). The molecule has 0 unspecified atom stereocenters. The molecule has 0 aliphatic rings. The molecule has 0 saturated heterocycles. The number of esters is 1. The highest BCUT2D eigenvalue weighted by molar-refractivity contribution is 5.96. The third kappa shape index (κ3) is 3.44. The largest absolute Gasteiger partial charge is 0.449 e. The monoisotopic (exact) mass is 274 g/mol. The van der Waals surface area contributed by atoms with Gasteiger partial charge in [0, 0.05) is 6.07 Å². The molecule has 0 bridgehead atoms. The van der Waals surface area contributed by atoms with Crippen LogP contribution < -0.4 is 5.32 Å². The maximum absolute atomic E-state index is 11.8. The second kappa shape index (κ2) is 6.01. The fourth-order valence-corrected chi connectivity index (χ4v) is 1.51. The Labute approximate surface area is 115 Å². The first kappa shape index (κ1) is 13.8. The van der Waals surface area contributed by atoms with Gasteiger partial charge in [0.15, 0.2) is 11.9 Å². The minimum Gasteiger partial charge on any atom is -0.449 e. The Morgan fingerprint density at radius 2 is 2.00 bits per heavy atom. The Hall–Kier alpha value is -2.63. The van der Waals surface area contributed by atoms with Gasteiger partial charge in [0.25, 0.3) is 5.91 Å². The lowest BCUT2D eigenvalue weighted by molar-refractivity contribution is -0.123. The third-order valence-electron chi connectivity index (χ3n) is 2.54. The van der Waals surface area contributed by atoms with E-state index in [0.717, 1.165) is 0 Å². The predicted molar refractivity (Wildman–Crippen MR) is 71.2 cm³/mol. The number of carbonyl (C=O) groups is 2. The van der Waals surface area contributed by atoms with Gasteiger partial charge in [-0.2, -0.15) is 0 Å². The van der Waals surface area contributed by atoms with E-state index < -0.39 is 18.0 Å². The number of ether oxygens (including phenoxy) is 1. The summed E-state index contributed by atoms with van der Waals surface area (Å²) in [5.74, 6) is -0.156. The molecule has 0 aliphatic carbocycles. The van der Waals surface area contributed by atoms with Crippen LogP contribution in [0, 0.1) is 6.92 Å². The number of carbonyl (C=O) groups excluding carboxylic acids is 2. The van der Waals surface area contributed by atoms with Gasteiger partial charge < -0.3 is 14.6 Å². The number of nitrogens with zero attached hydrogens (tertiary/aromatic N) is 1. The first-order chi connectivity index (χ1) is 9.56. The number of anilines is 1. The van der Waals surface area contributed by atoms with E-state index >= 15 is 0 Å². The van der Waals surface area contributed by atoms with E-state index in [1.54, 1.807) is 43.3 Å². The lowest BCUT2D eigenvalue weighted by atomic mass is 10.2. The highest BCUT2D eigenvalue weighted by atomic mass is 16.5. The molecule has 0 fully saturated rings. The number of hydrogen-bond donors (Lipinski definition) is 1. The molecule has 1 atom stereocenters. The minimum absolute atomic E-state index is 0.287. The molecule has 1 N–H and O–H groups in total. The summed E-state index contributed by atoms with van der Waals surface area (Å²) in [4.78, 5) is 23.6. The SMILES string of the molecule is Cc1cc(NC(=O)[C@@H](C)OC(=O)c2ccccc2)no1. The average molecular weight is 274 g/mol. The number of nitrogens with one attached hydrogen (secondary N) is 1. The van der Waals surface area contributed by atoms with Crippen molar-refractivity contribution in [2.75, 3.05) is 5.32 Å². The molecule has 0 aliphatic heterocycles. The summed E-state index contributed by atoms with van der Waals surface area (Å²) in [6.45, 7) is 3.20. The fourth-order valence-electron chi connectivity index (χ4n) is 1.51. The lowest BCUT2D eigenvalue weighted by Crippen LogP contribution is -2.30. The van der Waals surface area contributed by atoms with Crippen molar-refractivity contribution in [3.63, 3.8) is 0 Å². The van der Waals surface area contributed by atoms with Gasteiger partial charge in [-0.15, -0.1) is 0 Å². The second-order valence-corrected chi connectivity index (χ2v) is 4.23. The van der Waals surface area contributed by atoms with Crippen LogP contribution in [0.25, 0.3) is 0 Å². The van der Waals surface area contributed by atoms with E-state index in [4.69, 9.17) is 9.26 Å². The normalized spacial score (nSPS) is 11.7. The molecule has 0 spiro atoms. The van der Waals surface area contributed by atoms with Crippen molar-refractivity contribution in [1.29, 1.82) is 0 Å². The number of aromatic nitrogens is 1. The Balaban J connectivity index is 1.92. The molecule has 1 heterocycles. The van der Waals surface area contributed by atoms with Crippen molar-refractivity contribution in [2.45, 2.75) is 20.0 Å². The van der Waals surface area contributed by atoms with Gasteiger partial charge in [0.1, 0.15) is 5.76 Å². The predicted octanol–water partition coefficient (Wildman–Crippen LogP) is 2.17. The van der Waals surface area contributed by atoms with Crippen LogP contribution in [-0.4, -0.2) is 23.1 Å². The Bertz CT molecular complexity index is 607. The zero-order chi connectivity index (χ0) is 14.5. The van der Waals surface area contributed by atoms with Crippen LogP contribution in [0.15, 0.2) is 40.9 Å². The van der Waals surface area contributed by atoms with E-state index in [9.17, 15) is 9.59 Å². The summed E-state index contributed by atoms with van der Waals surface area (Å²) in [5, 5.41) is 6.13. The van der Waals surface area contributed by atoms with E-state index in [1.165, 1.54) is 6.92 Å². The van der Waals surface area contributed by atoms with E-state index in [0.29, 0.717) is 11.3 Å². The van der Waals surface area contributed by atoms with Gasteiger partial charge in [0.05, 0.1) is 5.56 Å². The number of benzene rings is 1. The molecule has 20 heavy (non-hydrogen) atoms. The molecule has 1 aromatic heterocycles. The molecule has 0 saturated carbocycles. The van der Waals surface area contributed by atoms with Crippen molar-refractivity contribution in [1.82, 2.24) is 5.16 Å². The van der Waals surface area contributed by atoms with E-state index in [1.807, 2.05) is 0 Å². The molecule has 1 aromatic carbocycles. The van der Waals surface area contributed by atoms with Crippen LogP contribution in [0.4, 0.5) is 5.82 Å². The Morgan fingerprint density at radius 3 is 2.60 bits per heavy atom. The molecule has 6 heteroatoms. The van der Waals surface area contributed by atoms with Gasteiger partial charge in [-0.25, -0.2) is 4.79 Å². The van der Waals surface area contributed by atoms with E-state index in [2.05, 4.69) is 10.5 Å². The maximum Gasteiger partial charge on any atom is 0.338 e. The third-order valence-corrected chi connectivity index (χ3v) is 2.54. The van der Waals surface area contributed by atoms with Gasteiger partial charge in [-0.1, -0.05) is 23.4 Å². The quantitative estimate of drug-likeness (QED) is 0.864. The fraction of sp³-hybridized carbons (Fsp3) is 0.214. The van der Waals surface area contributed by atoms with Crippen LogP contribution in [0.3, 0.4) is 0 Å². The van der Waals surface area contributed by atoms with Crippen LogP contribution in [0.2, 0.25) is 0 Å². The molecule has 104 valence electrons. The van der Waals surface area contributed by atoms with Crippen LogP contribution in [0.5, 0.6) is 0 Å². The lowest BCUT2D eigenvalue weighted by Gasteiger charge is -2.12. The summed E-state index contributed by atoms with van der Waals surface area (Å²) < 4.78 is 9.89. The van der Waals surface area contributed by atoms with Crippen molar-refractivity contribution in [2.24, 2.45) is 0 Å². The minimum atomic E-state index is -0.931. The number of aryl methyl sites for hydroxylation is 1. The summed E-state index contributed by atoms with van der Waals surface area (Å²) in [5.41, 5.74) is 0.393. The van der Waals surface area contributed by atoms with E-state index in [-0.39, 0.29) is 5.82 Å². The zero-order valence-corrected chi connectivity index (χ0v) is 11.1. The zero-order valence-electron chi connectivity index (χ0n) is 11.1. The van der Waals surface area contributed by atoms with Crippen LogP contribution in [0.1, 0.15) is 23.0 Å². The molecule has 1 amide bonds. The Kier molecular flexibility index (Phi) is 4.14. The topological polar surface area (TPSA) is 81.4 Å². The highest BCUT2D eigenvalue weighted by Gasteiger charge is 2.19. The number of amides is 1. The molecule has 2 aromatic rings. The van der Waals surface area contributed by atoms with Crippen molar-refractivity contribution in [3.8, 4) is 0 Å². The summed E-state index contributed by atoms with van der Waals surface area (Å²) >= 11 is 0. The molecular weight excluding hydrogens is 260 g/mol. The number of rotatable bonds is 4. The summed E-state index contributed by atoms with van der Waals surface area (Å²) in [6, 6.07) is 10.0. The van der Waals surface area contributed by atoms with Crippen molar-refractivity contribution in [3.05, 3.63) is 47.7 Å². The van der Waals surface area contributed by atoms with Crippen LogP contribution in [-0.2, 0) is 9.53 Å². The second-order valence-electron chi connectivity index (χ2n) is 4.23. The van der Waals surface area contributed by atoms with Crippen molar-refractivity contribution < 1.29 is 18.8 Å². The molecular formula is C14H14N2O4. The number of hydrogen-bond acceptors (Lipinski definition) is 5. The first-order valence-electron chi connectivity index (χ1n) is 6.06. The summed E-state index contributed by atoms with van der Waals surface area (Å²) in [7, 11) is 0.